The Kier molecular flexibility index (Phi) is 5.56. The molecule has 0 aliphatic rings. The first kappa shape index (κ1) is 22.4. The number of thioether (sulfide) groups is 1. The predicted octanol–water partition coefficient (Wildman–Crippen LogP) is 5.06. The summed E-state index contributed by atoms with van der Waals surface area (Å²) in [5.74, 6) is -0.483. The quantitative estimate of drug-likeness (QED) is 0.395. The van der Waals surface area contributed by atoms with Crippen LogP contribution in [0.4, 0.5) is 26.3 Å². The van der Waals surface area contributed by atoms with Gasteiger partial charge >= 0.3 is 11.7 Å². The number of halogens is 6. The summed E-state index contributed by atoms with van der Waals surface area (Å²) in [6.07, 6.45) is -3.77. The maximum atomic E-state index is 13.1. The van der Waals surface area contributed by atoms with E-state index in [-0.39, 0.29) is 27.4 Å². The summed E-state index contributed by atoms with van der Waals surface area (Å²) in [6.45, 7) is 1.29. The highest BCUT2D eigenvalue weighted by Crippen LogP contribution is 2.39. The number of hydrogen-bond donors (Lipinski definition) is 0. The van der Waals surface area contributed by atoms with Crippen LogP contribution in [-0.4, -0.2) is 34.2 Å². The number of alkyl halides is 6. The number of sulfone groups is 1. The van der Waals surface area contributed by atoms with Crippen molar-refractivity contribution in [3.05, 3.63) is 36.0 Å². The van der Waals surface area contributed by atoms with Gasteiger partial charge in [0, 0.05) is 23.7 Å². The summed E-state index contributed by atoms with van der Waals surface area (Å²) >= 11 is -0.390. The Morgan fingerprint density at radius 3 is 2.33 bits per heavy atom. The molecule has 162 valence electrons. The van der Waals surface area contributed by atoms with Gasteiger partial charge in [0.15, 0.2) is 15.5 Å². The minimum absolute atomic E-state index is 0.0348. The van der Waals surface area contributed by atoms with Crippen LogP contribution >= 0.6 is 11.8 Å². The molecule has 0 aliphatic carbocycles. The maximum absolute atomic E-state index is 13.1. The van der Waals surface area contributed by atoms with E-state index in [9.17, 15) is 34.8 Å². The summed E-state index contributed by atoms with van der Waals surface area (Å²) in [4.78, 5) is 7.28. The molecule has 0 spiro atoms. The summed E-state index contributed by atoms with van der Waals surface area (Å²) in [6, 6.07) is 3.37. The molecule has 0 saturated carbocycles. The van der Waals surface area contributed by atoms with E-state index in [1.807, 2.05) is 0 Å². The Bertz CT molecular complexity index is 1220. The van der Waals surface area contributed by atoms with Crippen molar-refractivity contribution in [1.82, 2.24) is 14.5 Å². The van der Waals surface area contributed by atoms with Crippen molar-refractivity contribution < 1.29 is 34.8 Å². The molecular weight excluding hydrogens is 456 g/mol. The number of imidazole rings is 1. The van der Waals surface area contributed by atoms with Gasteiger partial charge in [-0.15, -0.1) is 0 Å². The third-order valence-corrected chi connectivity index (χ3v) is 6.64. The lowest BCUT2D eigenvalue weighted by atomic mass is 10.1. The summed E-state index contributed by atoms with van der Waals surface area (Å²) < 4.78 is 103. The van der Waals surface area contributed by atoms with Gasteiger partial charge in [-0.3, -0.25) is 0 Å². The molecule has 0 fully saturated rings. The normalized spacial score (nSPS) is 13.2. The van der Waals surface area contributed by atoms with E-state index in [2.05, 4.69) is 9.97 Å². The van der Waals surface area contributed by atoms with Gasteiger partial charge in [0.25, 0.3) is 0 Å². The SMILES string of the molecule is CCS(=O)(=O)c1cc(C(F)(F)F)ccc1-c1nc2cc(SC(F)(F)F)cnc2n1C. The molecule has 0 atom stereocenters. The molecular formula is C17H13F6N3O2S2. The molecule has 3 rings (SSSR count). The van der Waals surface area contributed by atoms with E-state index in [0.717, 1.165) is 24.4 Å². The fraction of sp³-hybridized carbons (Fsp3) is 0.294. The molecule has 0 bridgehead atoms. The fourth-order valence-corrected chi connectivity index (χ4v) is 4.44. The van der Waals surface area contributed by atoms with Crippen LogP contribution in [0.5, 0.6) is 0 Å². The van der Waals surface area contributed by atoms with Crippen LogP contribution in [0.2, 0.25) is 0 Å². The number of aromatic nitrogens is 3. The molecule has 5 nitrogen and oxygen atoms in total. The van der Waals surface area contributed by atoms with Crippen LogP contribution in [0.25, 0.3) is 22.6 Å². The van der Waals surface area contributed by atoms with Gasteiger partial charge in [-0.05, 0) is 36.0 Å². The monoisotopic (exact) mass is 469 g/mol. The number of pyridine rings is 1. The first-order chi connectivity index (χ1) is 13.7. The number of aryl methyl sites for hydroxylation is 1. The number of rotatable bonds is 4. The molecule has 0 saturated heterocycles. The van der Waals surface area contributed by atoms with Crippen LogP contribution in [0, 0.1) is 0 Å². The van der Waals surface area contributed by atoms with Crippen molar-refractivity contribution >= 4 is 32.8 Å². The minimum atomic E-state index is -4.76. The molecule has 13 heteroatoms. The van der Waals surface area contributed by atoms with E-state index >= 15 is 0 Å². The van der Waals surface area contributed by atoms with E-state index in [1.54, 1.807) is 0 Å². The van der Waals surface area contributed by atoms with Crippen LogP contribution in [0.15, 0.2) is 40.3 Å². The lowest BCUT2D eigenvalue weighted by molar-refractivity contribution is -0.137. The molecule has 0 aliphatic heterocycles. The first-order valence-corrected chi connectivity index (χ1v) is 10.7. The molecule has 1 aromatic carbocycles. The fourth-order valence-electron chi connectivity index (χ4n) is 2.78. The van der Waals surface area contributed by atoms with Crippen molar-refractivity contribution in [3.8, 4) is 11.4 Å². The molecule has 0 radical (unpaired) electrons. The average Bonchev–Trinajstić information content (AvgIpc) is 2.95. The predicted molar refractivity (Wildman–Crippen MR) is 98.6 cm³/mol. The van der Waals surface area contributed by atoms with E-state index < -0.39 is 49.5 Å². The highest BCUT2D eigenvalue weighted by Gasteiger charge is 2.34. The summed E-state index contributed by atoms with van der Waals surface area (Å²) in [5, 5.41) is 0. The molecule has 0 N–H and O–H groups in total. The van der Waals surface area contributed by atoms with Gasteiger partial charge in [0.1, 0.15) is 11.3 Å². The molecule has 0 unspecified atom stereocenters. The summed E-state index contributed by atoms with van der Waals surface area (Å²) in [5.41, 5.74) is -5.59. The standard InChI is InChI=1S/C17H13F6N3O2S2/c1-3-30(27,28)13-6-9(16(18,19)20)4-5-11(13)14-25-12-7-10(29-17(21,22)23)8-24-15(12)26(14)2/h4-8H,3H2,1-2H3. The van der Waals surface area contributed by atoms with Crippen molar-refractivity contribution in [2.75, 3.05) is 5.75 Å². The topological polar surface area (TPSA) is 64.8 Å². The zero-order chi connectivity index (χ0) is 22.5. The Labute approximate surface area is 171 Å². The van der Waals surface area contributed by atoms with Gasteiger partial charge in [-0.25, -0.2) is 18.4 Å². The Balaban J connectivity index is 2.23. The zero-order valence-corrected chi connectivity index (χ0v) is 17.0. The minimum Gasteiger partial charge on any atom is -0.312 e. The second kappa shape index (κ2) is 7.45. The molecule has 0 amide bonds. The van der Waals surface area contributed by atoms with Crippen LogP contribution < -0.4 is 0 Å². The lowest BCUT2D eigenvalue weighted by Crippen LogP contribution is -2.11. The second-order valence-electron chi connectivity index (χ2n) is 6.17. The van der Waals surface area contributed by atoms with E-state index in [1.165, 1.54) is 18.5 Å². The van der Waals surface area contributed by atoms with Crippen molar-refractivity contribution in [1.29, 1.82) is 0 Å². The van der Waals surface area contributed by atoms with E-state index in [0.29, 0.717) is 6.07 Å². The highest BCUT2D eigenvalue weighted by molar-refractivity contribution is 8.00. The van der Waals surface area contributed by atoms with Crippen molar-refractivity contribution in [2.45, 2.75) is 28.4 Å². The lowest BCUT2D eigenvalue weighted by Gasteiger charge is -2.13. The largest absolute Gasteiger partial charge is 0.446 e. The number of nitrogens with zero attached hydrogens (tertiary/aromatic N) is 3. The number of hydrogen-bond acceptors (Lipinski definition) is 5. The highest BCUT2D eigenvalue weighted by atomic mass is 32.2. The van der Waals surface area contributed by atoms with Crippen LogP contribution in [-0.2, 0) is 23.1 Å². The average molecular weight is 469 g/mol. The van der Waals surface area contributed by atoms with Crippen LogP contribution in [0.1, 0.15) is 12.5 Å². The molecule has 2 heterocycles. The molecule has 2 aromatic heterocycles. The van der Waals surface area contributed by atoms with Gasteiger partial charge in [-0.2, -0.15) is 26.3 Å². The van der Waals surface area contributed by atoms with Gasteiger partial charge < -0.3 is 4.57 Å². The Morgan fingerprint density at radius 1 is 1.10 bits per heavy atom. The smallest absolute Gasteiger partial charge is 0.312 e. The second-order valence-corrected chi connectivity index (χ2v) is 9.55. The Morgan fingerprint density at radius 2 is 1.77 bits per heavy atom. The van der Waals surface area contributed by atoms with Crippen LogP contribution in [0.3, 0.4) is 0 Å². The third kappa shape index (κ3) is 4.41. The number of fused-ring (bicyclic) bond motifs is 1. The molecule has 3 aromatic rings. The Hall–Kier alpha value is -2.28. The molecule has 30 heavy (non-hydrogen) atoms. The van der Waals surface area contributed by atoms with E-state index in [4.69, 9.17) is 0 Å². The first-order valence-electron chi connectivity index (χ1n) is 8.25. The third-order valence-electron chi connectivity index (χ3n) is 4.18. The van der Waals surface area contributed by atoms with Crippen molar-refractivity contribution in [3.63, 3.8) is 0 Å². The zero-order valence-electron chi connectivity index (χ0n) is 15.3. The van der Waals surface area contributed by atoms with Gasteiger partial charge in [0.05, 0.1) is 16.2 Å². The maximum Gasteiger partial charge on any atom is 0.446 e. The van der Waals surface area contributed by atoms with Gasteiger partial charge in [-0.1, -0.05) is 6.92 Å². The number of benzene rings is 1. The summed E-state index contributed by atoms with van der Waals surface area (Å²) in [7, 11) is -2.63. The van der Waals surface area contributed by atoms with Gasteiger partial charge in [0.2, 0.25) is 0 Å². The van der Waals surface area contributed by atoms with Crippen molar-refractivity contribution in [2.24, 2.45) is 7.05 Å².